The van der Waals surface area contributed by atoms with Gasteiger partial charge in [0.05, 0.1) is 12.6 Å². The van der Waals surface area contributed by atoms with Crippen LogP contribution in [0.25, 0.3) is 0 Å². The van der Waals surface area contributed by atoms with E-state index in [1.807, 2.05) is 5.32 Å². The van der Waals surface area contributed by atoms with Gasteiger partial charge in [-0.25, -0.2) is 9.48 Å². The van der Waals surface area contributed by atoms with Crippen LogP contribution in [0.1, 0.15) is 16.9 Å². The summed E-state index contributed by atoms with van der Waals surface area (Å²) in [4.78, 5) is 21.6. The summed E-state index contributed by atoms with van der Waals surface area (Å²) in [5.41, 5.74) is -0.349. The predicted octanol–water partition coefficient (Wildman–Crippen LogP) is 0.0449. The maximum Gasteiger partial charge on any atom is 0.390 e. The topological polar surface area (TPSA) is 97.1 Å². The number of amides is 1. The minimum atomic E-state index is -4.34. The van der Waals surface area contributed by atoms with E-state index in [1.54, 1.807) is 0 Å². The molecule has 0 fully saturated rings. The molecule has 18 heavy (non-hydrogen) atoms. The highest BCUT2D eigenvalue weighted by molar-refractivity contribution is 5.84. The molecule has 1 heterocycles. The second-order valence-electron chi connectivity index (χ2n) is 3.32. The Kier molecular flexibility index (Phi) is 4.23. The second-order valence-corrected chi connectivity index (χ2v) is 3.32. The Balaban J connectivity index is 2.38. The van der Waals surface area contributed by atoms with Gasteiger partial charge in [0.2, 0.25) is 5.91 Å². The molecule has 1 aromatic heterocycles. The molecule has 2 N–H and O–H groups in total. The lowest BCUT2D eigenvalue weighted by atomic mass is 10.4. The largest absolute Gasteiger partial charge is 0.476 e. The van der Waals surface area contributed by atoms with E-state index in [9.17, 15) is 22.8 Å². The van der Waals surface area contributed by atoms with Gasteiger partial charge in [-0.05, 0) is 0 Å². The van der Waals surface area contributed by atoms with E-state index >= 15 is 0 Å². The van der Waals surface area contributed by atoms with Crippen LogP contribution in [0.3, 0.4) is 0 Å². The van der Waals surface area contributed by atoms with Crippen LogP contribution in [0.5, 0.6) is 0 Å². The van der Waals surface area contributed by atoms with Crippen LogP contribution >= 0.6 is 0 Å². The van der Waals surface area contributed by atoms with Crippen molar-refractivity contribution in [2.24, 2.45) is 0 Å². The molecule has 0 saturated carbocycles. The third-order valence-electron chi connectivity index (χ3n) is 1.79. The highest BCUT2D eigenvalue weighted by atomic mass is 19.4. The molecule has 0 aliphatic rings. The maximum absolute atomic E-state index is 11.8. The summed E-state index contributed by atoms with van der Waals surface area (Å²) < 4.78 is 36.3. The third kappa shape index (κ3) is 4.80. The monoisotopic (exact) mass is 266 g/mol. The molecule has 0 unspecified atom stereocenters. The molecule has 100 valence electrons. The zero-order valence-corrected chi connectivity index (χ0v) is 8.94. The molecule has 0 radical (unpaired) electrons. The lowest BCUT2D eigenvalue weighted by Crippen LogP contribution is -2.31. The summed E-state index contributed by atoms with van der Waals surface area (Å²) in [6.07, 6.45) is -4.46. The van der Waals surface area contributed by atoms with E-state index in [0.29, 0.717) is 0 Å². The smallest absolute Gasteiger partial charge is 0.390 e. The quantitative estimate of drug-likeness (QED) is 0.784. The fourth-order valence-corrected chi connectivity index (χ4v) is 1.02. The molecular weight excluding hydrogens is 257 g/mol. The van der Waals surface area contributed by atoms with Gasteiger partial charge in [0.1, 0.15) is 6.54 Å². The van der Waals surface area contributed by atoms with Gasteiger partial charge in [0.25, 0.3) is 0 Å². The van der Waals surface area contributed by atoms with E-state index in [4.69, 9.17) is 5.11 Å². The predicted molar refractivity (Wildman–Crippen MR) is 50.7 cm³/mol. The molecule has 1 amide bonds. The minimum Gasteiger partial charge on any atom is -0.476 e. The van der Waals surface area contributed by atoms with Gasteiger partial charge in [-0.15, -0.1) is 5.10 Å². The van der Waals surface area contributed by atoms with Crippen LogP contribution in [-0.4, -0.2) is 44.7 Å². The number of carboxylic acids is 1. The van der Waals surface area contributed by atoms with E-state index in [0.717, 1.165) is 10.9 Å². The molecule has 0 bridgehead atoms. The molecular formula is C8H9F3N4O3. The number of alkyl halides is 3. The standard InChI is InChI=1S/C8H9F3N4O3/c9-8(10,11)1-2-12-6(16)4-15-3-5(7(17)18)13-14-15/h3H,1-2,4H2,(H,12,16)(H,17,18). The summed E-state index contributed by atoms with van der Waals surface area (Å²) in [7, 11) is 0. The number of rotatable bonds is 5. The van der Waals surface area contributed by atoms with Crippen molar-refractivity contribution in [2.45, 2.75) is 19.1 Å². The summed E-state index contributed by atoms with van der Waals surface area (Å²) in [5.74, 6) is -2.01. The molecule has 0 aromatic carbocycles. The number of halogens is 3. The van der Waals surface area contributed by atoms with Gasteiger partial charge in [0, 0.05) is 6.54 Å². The van der Waals surface area contributed by atoms with Crippen LogP contribution in [0.4, 0.5) is 13.2 Å². The molecule has 0 atom stereocenters. The lowest BCUT2D eigenvalue weighted by molar-refractivity contribution is -0.135. The van der Waals surface area contributed by atoms with Gasteiger partial charge < -0.3 is 10.4 Å². The SMILES string of the molecule is O=C(Cn1cc(C(=O)O)nn1)NCCC(F)(F)F. The Labute approximate surface area is 98.6 Å². The van der Waals surface area contributed by atoms with Gasteiger partial charge in [0.15, 0.2) is 5.69 Å². The van der Waals surface area contributed by atoms with E-state index in [1.165, 1.54) is 0 Å². The molecule has 0 aliphatic heterocycles. The fraction of sp³-hybridized carbons (Fsp3) is 0.500. The number of carboxylic acid groups (broad SMARTS) is 1. The Morgan fingerprint density at radius 1 is 1.44 bits per heavy atom. The Morgan fingerprint density at radius 2 is 2.11 bits per heavy atom. The summed E-state index contributed by atoms with van der Waals surface area (Å²) in [6.45, 7) is -0.930. The number of aromatic nitrogens is 3. The highest BCUT2D eigenvalue weighted by Crippen LogP contribution is 2.17. The van der Waals surface area contributed by atoms with Gasteiger partial charge >= 0.3 is 12.1 Å². The average Bonchev–Trinajstić information content (AvgIpc) is 2.64. The van der Waals surface area contributed by atoms with Crippen LogP contribution in [0.15, 0.2) is 6.20 Å². The zero-order valence-electron chi connectivity index (χ0n) is 8.94. The summed E-state index contributed by atoms with van der Waals surface area (Å²) in [6, 6.07) is 0. The van der Waals surface area contributed by atoms with Crippen molar-refractivity contribution in [3.05, 3.63) is 11.9 Å². The van der Waals surface area contributed by atoms with E-state index in [2.05, 4.69) is 10.3 Å². The molecule has 0 aliphatic carbocycles. The first-order chi connectivity index (χ1) is 8.28. The van der Waals surface area contributed by atoms with Gasteiger partial charge in [-0.3, -0.25) is 4.79 Å². The van der Waals surface area contributed by atoms with Crippen molar-refractivity contribution in [1.29, 1.82) is 0 Å². The first kappa shape index (κ1) is 13.9. The molecule has 0 saturated heterocycles. The number of carbonyl (C=O) groups is 2. The Bertz CT molecular complexity index is 443. The second kappa shape index (κ2) is 5.47. The fourth-order valence-electron chi connectivity index (χ4n) is 1.02. The van der Waals surface area contributed by atoms with E-state index in [-0.39, 0.29) is 5.69 Å². The highest BCUT2D eigenvalue weighted by Gasteiger charge is 2.26. The van der Waals surface area contributed by atoms with Crippen molar-refractivity contribution >= 4 is 11.9 Å². The molecule has 10 heteroatoms. The molecule has 7 nitrogen and oxygen atoms in total. The minimum absolute atomic E-state index is 0.349. The number of hydrogen-bond donors (Lipinski definition) is 2. The Hall–Kier alpha value is -2.13. The normalized spacial score (nSPS) is 11.3. The van der Waals surface area contributed by atoms with Crippen molar-refractivity contribution < 1.29 is 27.9 Å². The number of aromatic carboxylic acids is 1. The van der Waals surface area contributed by atoms with E-state index < -0.39 is 37.6 Å². The number of hydrogen-bond acceptors (Lipinski definition) is 4. The molecule has 1 rings (SSSR count). The number of nitrogens with zero attached hydrogens (tertiary/aromatic N) is 3. The average molecular weight is 266 g/mol. The van der Waals surface area contributed by atoms with Crippen molar-refractivity contribution in [3.63, 3.8) is 0 Å². The molecule has 0 spiro atoms. The van der Waals surface area contributed by atoms with Crippen LogP contribution < -0.4 is 5.32 Å². The molecule has 1 aromatic rings. The van der Waals surface area contributed by atoms with Crippen LogP contribution in [-0.2, 0) is 11.3 Å². The Morgan fingerprint density at radius 3 is 2.61 bits per heavy atom. The summed E-state index contributed by atoms with van der Waals surface area (Å²) in [5, 5.41) is 17.1. The van der Waals surface area contributed by atoms with Crippen molar-refractivity contribution in [1.82, 2.24) is 20.3 Å². The zero-order chi connectivity index (χ0) is 13.8. The van der Waals surface area contributed by atoms with Crippen LogP contribution in [0.2, 0.25) is 0 Å². The lowest BCUT2D eigenvalue weighted by Gasteiger charge is -2.07. The number of carbonyl (C=O) groups excluding carboxylic acids is 1. The maximum atomic E-state index is 11.8. The van der Waals surface area contributed by atoms with Crippen molar-refractivity contribution in [3.8, 4) is 0 Å². The van der Waals surface area contributed by atoms with Gasteiger partial charge in [-0.2, -0.15) is 13.2 Å². The van der Waals surface area contributed by atoms with Gasteiger partial charge in [-0.1, -0.05) is 5.21 Å². The first-order valence-electron chi connectivity index (χ1n) is 4.75. The first-order valence-corrected chi connectivity index (χ1v) is 4.75. The number of nitrogens with one attached hydrogen (secondary N) is 1. The van der Waals surface area contributed by atoms with Crippen LogP contribution in [0, 0.1) is 0 Å². The van der Waals surface area contributed by atoms with Crippen molar-refractivity contribution in [2.75, 3.05) is 6.54 Å². The third-order valence-corrected chi connectivity index (χ3v) is 1.79. The summed E-state index contributed by atoms with van der Waals surface area (Å²) >= 11 is 0.